The molecule has 2 aromatic rings. The molecule has 0 aliphatic carbocycles. The Morgan fingerprint density at radius 2 is 1.86 bits per heavy atom. The fourth-order valence-electron chi connectivity index (χ4n) is 2.88. The summed E-state index contributed by atoms with van der Waals surface area (Å²) in [5.74, 6) is -0.272. The minimum absolute atomic E-state index is 0.184. The summed E-state index contributed by atoms with van der Waals surface area (Å²) in [5.41, 5.74) is 3.13. The zero-order valence-corrected chi connectivity index (χ0v) is 19.3. The topological polar surface area (TPSA) is 64.6 Å². The zero-order valence-electron chi connectivity index (χ0n) is 16.4. The monoisotopic (exact) mass is 515 g/mol. The number of benzene rings is 2. The van der Waals surface area contributed by atoms with E-state index in [-0.39, 0.29) is 12.5 Å². The molecule has 2 aromatic carbocycles. The largest absolute Gasteiger partial charge is 0.390 e. The van der Waals surface area contributed by atoms with E-state index >= 15 is 0 Å². The summed E-state index contributed by atoms with van der Waals surface area (Å²) in [6.45, 7) is 8.54. The standard InChI is InChI=1S/C21H27ClIN3O2/c1-4-26(5-2)13-17(27)12-24-21(28)18-11-15(22)6-8-20(18)25-19-9-7-16(23)10-14(19)3/h6-11,17,25,27H,4-5,12-13H2,1-3H3,(H,24,28). The first-order valence-electron chi connectivity index (χ1n) is 9.35. The van der Waals surface area contributed by atoms with Crippen LogP contribution in [-0.4, -0.2) is 48.2 Å². The van der Waals surface area contributed by atoms with Crippen LogP contribution in [-0.2, 0) is 0 Å². The van der Waals surface area contributed by atoms with Gasteiger partial charge in [-0.25, -0.2) is 0 Å². The molecule has 0 heterocycles. The summed E-state index contributed by atoms with van der Waals surface area (Å²) in [7, 11) is 0. The van der Waals surface area contributed by atoms with Gasteiger partial charge in [0.2, 0.25) is 0 Å². The van der Waals surface area contributed by atoms with Crippen molar-refractivity contribution in [1.82, 2.24) is 10.2 Å². The average Bonchev–Trinajstić information content (AvgIpc) is 2.67. The van der Waals surface area contributed by atoms with Crippen LogP contribution >= 0.6 is 34.2 Å². The van der Waals surface area contributed by atoms with Crippen LogP contribution in [0.15, 0.2) is 36.4 Å². The van der Waals surface area contributed by atoms with Crippen LogP contribution < -0.4 is 10.6 Å². The molecule has 0 aromatic heterocycles. The molecule has 0 bridgehead atoms. The minimum Gasteiger partial charge on any atom is -0.390 e. The van der Waals surface area contributed by atoms with E-state index in [2.05, 4.69) is 44.2 Å². The number of anilines is 2. The Balaban J connectivity index is 2.11. The molecule has 0 spiro atoms. The van der Waals surface area contributed by atoms with Crippen LogP contribution in [0.2, 0.25) is 5.02 Å². The molecule has 28 heavy (non-hydrogen) atoms. The highest BCUT2D eigenvalue weighted by atomic mass is 127. The quantitative estimate of drug-likeness (QED) is 0.433. The third-order valence-electron chi connectivity index (χ3n) is 4.55. The van der Waals surface area contributed by atoms with Crippen molar-refractivity contribution in [2.75, 3.05) is 31.5 Å². The Labute approximate surface area is 185 Å². The lowest BCUT2D eigenvalue weighted by molar-refractivity contribution is 0.0870. The lowest BCUT2D eigenvalue weighted by Crippen LogP contribution is -2.40. The van der Waals surface area contributed by atoms with E-state index < -0.39 is 6.10 Å². The number of amides is 1. The molecular weight excluding hydrogens is 489 g/mol. The number of aryl methyl sites for hydroxylation is 1. The molecule has 7 heteroatoms. The Morgan fingerprint density at radius 3 is 2.50 bits per heavy atom. The smallest absolute Gasteiger partial charge is 0.253 e. The van der Waals surface area contributed by atoms with Crippen molar-refractivity contribution < 1.29 is 9.90 Å². The molecule has 0 radical (unpaired) electrons. The maximum atomic E-state index is 12.7. The SMILES string of the molecule is CCN(CC)CC(O)CNC(=O)c1cc(Cl)ccc1Nc1ccc(I)cc1C. The number of aliphatic hydroxyl groups excluding tert-OH is 1. The molecule has 152 valence electrons. The molecule has 1 unspecified atom stereocenters. The van der Waals surface area contributed by atoms with Gasteiger partial charge in [0, 0.05) is 27.4 Å². The van der Waals surface area contributed by atoms with Crippen molar-refractivity contribution in [3.8, 4) is 0 Å². The Hall–Kier alpha value is -1.35. The van der Waals surface area contributed by atoms with E-state index in [4.69, 9.17) is 11.6 Å². The summed E-state index contributed by atoms with van der Waals surface area (Å²) in [5, 5.41) is 16.8. The van der Waals surface area contributed by atoms with Crippen molar-refractivity contribution in [1.29, 1.82) is 0 Å². The number of rotatable bonds is 9. The van der Waals surface area contributed by atoms with Crippen molar-refractivity contribution in [3.05, 3.63) is 56.1 Å². The molecule has 0 aliphatic rings. The van der Waals surface area contributed by atoms with Gasteiger partial charge in [0.1, 0.15) is 0 Å². The molecule has 1 atom stereocenters. The van der Waals surface area contributed by atoms with Gasteiger partial charge in [0.25, 0.3) is 5.91 Å². The first-order valence-corrected chi connectivity index (χ1v) is 10.8. The van der Waals surface area contributed by atoms with Gasteiger partial charge in [-0.3, -0.25) is 4.79 Å². The van der Waals surface area contributed by atoms with E-state index in [1.165, 1.54) is 0 Å². The van der Waals surface area contributed by atoms with Crippen LogP contribution in [0, 0.1) is 10.5 Å². The number of nitrogens with one attached hydrogen (secondary N) is 2. The summed E-state index contributed by atoms with van der Waals surface area (Å²) in [6.07, 6.45) is -0.627. The van der Waals surface area contributed by atoms with Crippen molar-refractivity contribution in [3.63, 3.8) is 0 Å². The molecule has 0 saturated heterocycles. The number of halogens is 2. The molecule has 0 aliphatic heterocycles. The predicted octanol–water partition coefficient (Wildman–Crippen LogP) is 4.43. The molecule has 5 nitrogen and oxygen atoms in total. The summed E-state index contributed by atoms with van der Waals surface area (Å²) in [4.78, 5) is 14.9. The summed E-state index contributed by atoms with van der Waals surface area (Å²) in [6, 6.07) is 11.2. The molecule has 2 rings (SSSR count). The van der Waals surface area contributed by atoms with Crippen LogP contribution in [0.4, 0.5) is 11.4 Å². The van der Waals surface area contributed by atoms with Gasteiger partial charge in [-0.05, 0) is 84.6 Å². The van der Waals surface area contributed by atoms with Crippen LogP contribution in [0.1, 0.15) is 29.8 Å². The van der Waals surface area contributed by atoms with Gasteiger partial charge in [-0.2, -0.15) is 0 Å². The number of hydrogen-bond acceptors (Lipinski definition) is 4. The van der Waals surface area contributed by atoms with Crippen molar-refractivity contribution in [2.45, 2.75) is 26.9 Å². The van der Waals surface area contributed by atoms with Gasteiger partial charge in [-0.1, -0.05) is 25.4 Å². The predicted molar refractivity (Wildman–Crippen MR) is 125 cm³/mol. The second-order valence-electron chi connectivity index (χ2n) is 6.62. The highest BCUT2D eigenvalue weighted by Gasteiger charge is 2.16. The molecular formula is C21H27ClIN3O2. The van der Waals surface area contributed by atoms with E-state index in [0.29, 0.717) is 22.8 Å². The lowest BCUT2D eigenvalue weighted by Gasteiger charge is -2.22. The van der Waals surface area contributed by atoms with Gasteiger partial charge in [0.05, 0.1) is 17.4 Å². The van der Waals surface area contributed by atoms with Crippen molar-refractivity contribution >= 4 is 51.5 Å². The number of likely N-dealkylation sites (N-methyl/N-ethyl adjacent to an activating group) is 1. The van der Waals surface area contributed by atoms with Crippen LogP contribution in [0.3, 0.4) is 0 Å². The lowest BCUT2D eigenvalue weighted by atomic mass is 10.1. The van der Waals surface area contributed by atoms with E-state index in [1.807, 2.05) is 32.9 Å². The van der Waals surface area contributed by atoms with Crippen LogP contribution in [0.5, 0.6) is 0 Å². The second kappa shape index (κ2) is 11.0. The van der Waals surface area contributed by atoms with Gasteiger partial charge in [0.15, 0.2) is 0 Å². The van der Waals surface area contributed by atoms with E-state index in [1.54, 1.807) is 18.2 Å². The number of hydrogen-bond donors (Lipinski definition) is 3. The fraction of sp³-hybridized carbons (Fsp3) is 0.381. The Kier molecular flexibility index (Phi) is 9.01. The third kappa shape index (κ3) is 6.62. The fourth-order valence-corrected chi connectivity index (χ4v) is 3.69. The average molecular weight is 516 g/mol. The molecule has 1 amide bonds. The number of nitrogens with zero attached hydrogens (tertiary/aromatic N) is 1. The molecule has 0 saturated carbocycles. The minimum atomic E-state index is -0.627. The number of carbonyl (C=O) groups is 1. The maximum absolute atomic E-state index is 12.7. The Morgan fingerprint density at radius 1 is 1.18 bits per heavy atom. The first-order chi connectivity index (χ1) is 13.3. The van der Waals surface area contributed by atoms with Crippen LogP contribution in [0.25, 0.3) is 0 Å². The van der Waals surface area contributed by atoms with Gasteiger partial charge in [-0.15, -0.1) is 0 Å². The van der Waals surface area contributed by atoms with Crippen molar-refractivity contribution in [2.24, 2.45) is 0 Å². The van der Waals surface area contributed by atoms with E-state index in [0.717, 1.165) is 27.9 Å². The first kappa shape index (κ1) is 22.9. The highest BCUT2D eigenvalue weighted by Crippen LogP contribution is 2.27. The normalized spacial score (nSPS) is 12.1. The second-order valence-corrected chi connectivity index (χ2v) is 8.31. The summed E-state index contributed by atoms with van der Waals surface area (Å²) >= 11 is 8.39. The van der Waals surface area contributed by atoms with Gasteiger partial charge < -0.3 is 20.6 Å². The maximum Gasteiger partial charge on any atom is 0.253 e. The highest BCUT2D eigenvalue weighted by molar-refractivity contribution is 14.1. The Bertz CT molecular complexity index is 812. The zero-order chi connectivity index (χ0) is 20.7. The van der Waals surface area contributed by atoms with E-state index in [9.17, 15) is 9.90 Å². The van der Waals surface area contributed by atoms with Gasteiger partial charge >= 0.3 is 0 Å². The number of carbonyl (C=O) groups excluding carboxylic acids is 1. The molecule has 3 N–H and O–H groups in total. The summed E-state index contributed by atoms with van der Waals surface area (Å²) < 4.78 is 1.15. The third-order valence-corrected chi connectivity index (χ3v) is 5.45. The molecule has 0 fully saturated rings. The number of aliphatic hydroxyl groups is 1.